The summed E-state index contributed by atoms with van der Waals surface area (Å²) in [5.41, 5.74) is 4.70. The molecule has 1 N–H and O–H groups in total. The monoisotopic (exact) mass is 503 g/mol. The Kier molecular flexibility index (Phi) is 6.32. The van der Waals surface area contributed by atoms with Gasteiger partial charge in [0, 0.05) is 50.6 Å². The number of pyridine rings is 1. The molecule has 8 nitrogen and oxygen atoms in total. The number of nitrogens with one attached hydrogen (secondary N) is 1. The number of carbonyl (C=O) groups excluding carboxylic acids is 1. The quantitative estimate of drug-likeness (QED) is 0.637. The van der Waals surface area contributed by atoms with Gasteiger partial charge in [-0.05, 0) is 54.1 Å². The molecule has 0 unspecified atom stereocenters. The lowest BCUT2D eigenvalue weighted by molar-refractivity contribution is -0.134. The molecule has 3 fully saturated rings. The van der Waals surface area contributed by atoms with Gasteiger partial charge in [0.1, 0.15) is 18.2 Å². The van der Waals surface area contributed by atoms with Gasteiger partial charge in [0.25, 0.3) is 0 Å². The van der Waals surface area contributed by atoms with Crippen LogP contribution in [-0.4, -0.2) is 79.2 Å². The largest absolute Gasteiger partial charge is 0.487 e. The molecule has 1 aromatic heterocycles. The highest BCUT2D eigenvalue weighted by Gasteiger charge is 2.42. The second-order valence-corrected chi connectivity index (χ2v) is 11.3. The van der Waals surface area contributed by atoms with E-state index in [-0.39, 0.29) is 11.3 Å². The molecule has 0 spiro atoms. The topological polar surface area (TPSA) is 70.2 Å². The van der Waals surface area contributed by atoms with Crippen molar-refractivity contribution in [2.75, 3.05) is 62.7 Å². The lowest BCUT2D eigenvalue weighted by atomic mass is 9.70. The maximum absolute atomic E-state index is 11.9. The van der Waals surface area contributed by atoms with E-state index in [1.165, 1.54) is 17.3 Å². The minimum Gasteiger partial charge on any atom is -0.487 e. The minimum absolute atomic E-state index is 0.0400. The Morgan fingerprint density at radius 3 is 2.76 bits per heavy atom. The van der Waals surface area contributed by atoms with Crippen LogP contribution in [0.3, 0.4) is 0 Å². The van der Waals surface area contributed by atoms with E-state index in [4.69, 9.17) is 9.47 Å². The Bertz CT molecular complexity index is 1190. The lowest BCUT2D eigenvalue weighted by Gasteiger charge is -2.52. The highest BCUT2D eigenvalue weighted by molar-refractivity contribution is 5.87. The Labute approximate surface area is 219 Å². The fraction of sp³-hybridized carbons (Fsp3) is 0.517. The second-order valence-electron chi connectivity index (χ2n) is 11.3. The van der Waals surface area contributed by atoms with Crippen LogP contribution in [-0.2, 0) is 16.1 Å². The molecule has 5 heterocycles. The van der Waals surface area contributed by atoms with Crippen molar-refractivity contribution in [2.24, 2.45) is 5.41 Å². The highest BCUT2D eigenvalue weighted by atomic mass is 16.5. The summed E-state index contributed by atoms with van der Waals surface area (Å²) in [6.45, 7) is 15.8. The normalized spacial score (nSPS) is 23.6. The van der Waals surface area contributed by atoms with Crippen LogP contribution in [0.2, 0.25) is 0 Å². The van der Waals surface area contributed by atoms with Crippen LogP contribution in [0.1, 0.15) is 37.3 Å². The lowest BCUT2D eigenvalue weighted by Crippen LogP contribution is -2.63. The molecule has 8 heteroatoms. The molecular formula is C29H37N5O3. The summed E-state index contributed by atoms with van der Waals surface area (Å²) in [6, 6.07) is 9.16. The molecule has 0 bridgehead atoms. The molecule has 0 saturated carbocycles. The molecule has 4 aliphatic rings. The van der Waals surface area contributed by atoms with Gasteiger partial charge in [-0.1, -0.05) is 26.5 Å². The molecule has 1 amide bonds. The number of aromatic nitrogens is 1. The fourth-order valence-corrected chi connectivity index (χ4v) is 6.42. The van der Waals surface area contributed by atoms with Gasteiger partial charge in [-0.25, -0.2) is 4.98 Å². The number of hydrogen-bond acceptors (Lipinski definition) is 7. The van der Waals surface area contributed by atoms with E-state index < -0.39 is 0 Å². The number of amides is 1. The van der Waals surface area contributed by atoms with E-state index in [1.54, 1.807) is 0 Å². The average Bonchev–Trinajstić information content (AvgIpc) is 3.06. The molecule has 4 aliphatic heterocycles. The zero-order valence-electron chi connectivity index (χ0n) is 21.9. The van der Waals surface area contributed by atoms with Crippen LogP contribution in [0, 0.1) is 5.41 Å². The third kappa shape index (κ3) is 4.57. The van der Waals surface area contributed by atoms with Crippen molar-refractivity contribution < 1.29 is 14.3 Å². The molecule has 37 heavy (non-hydrogen) atoms. The van der Waals surface area contributed by atoms with Crippen LogP contribution in [0.5, 0.6) is 5.75 Å². The first-order valence-electron chi connectivity index (χ1n) is 13.4. The summed E-state index contributed by atoms with van der Waals surface area (Å²) in [5.74, 6) is 2.22. The van der Waals surface area contributed by atoms with E-state index in [9.17, 15) is 4.79 Å². The van der Waals surface area contributed by atoms with E-state index >= 15 is 0 Å². The summed E-state index contributed by atoms with van der Waals surface area (Å²) in [5, 5.41) is 3.61. The Morgan fingerprint density at radius 2 is 2.00 bits per heavy atom. The summed E-state index contributed by atoms with van der Waals surface area (Å²) in [4.78, 5) is 23.4. The van der Waals surface area contributed by atoms with E-state index in [2.05, 4.69) is 64.8 Å². The summed E-state index contributed by atoms with van der Waals surface area (Å²) in [6.07, 6.45) is 4.39. The van der Waals surface area contributed by atoms with Crippen molar-refractivity contribution >= 4 is 23.1 Å². The molecule has 1 atom stereocenters. The van der Waals surface area contributed by atoms with Crippen molar-refractivity contribution in [3.05, 3.63) is 54.2 Å². The predicted molar refractivity (Wildman–Crippen MR) is 145 cm³/mol. The summed E-state index contributed by atoms with van der Waals surface area (Å²) in [7, 11) is 0. The van der Waals surface area contributed by atoms with Gasteiger partial charge in [0.2, 0.25) is 5.91 Å². The summed E-state index contributed by atoms with van der Waals surface area (Å²) < 4.78 is 11.9. The van der Waals surface area contributed by atoms with Gasteiger partial charge in [-0.2, -0.15) is 0 Å². The number of fused-ring (bicyclic) bond motifs is 2. The van der Waals surface area contributed by atoms with Gasteiger partial charge >= 0.3 is 0 Å². The number of carbonyl (C=O) groups is 1. The smallest absolute Gasteiger partial charge is 0.246 e. The first-order chi connectivity index (χ1) is 17.9. The van der Waals surface area contributed by atoms with Crippen LogP contribution in [0.15, 0.2) is 43.1 Å². The number of rotatable bonds is 4. The summed E-state index contributed by atoms with van der Waals surface area (Å²) >= 11 is 0. The second kappa shape index (κ2) is 9.65. The van der Waals surface area contributed by atoms with Crippen molar-refractivity contribution in [1.82, 2.24) is 14.8 Å². The minimum atomic E-state index is 0.0400. The van der Waals surface area contributed by atoms with Crippen molar-refractivity contribution in [1.29, 1.82) is 0 Å². The van der Waals surface area contributed by atoms with E-state index in [1.807, 2.05) is 11.1 Å². The van der Waals surface area contributed by atoms with Gasteiger partial charge in [0.05, 0.1) is 24.5 Å². The number of hydrogen-bond donors (Lipinski definition) is 1. The molecule has 3 saturated heterocycles. The maximum atomic E-state index is 11.9. The SMILES string of the molecule is C=CC(=O)N1CC(N2CC[C@@H](c3ccc4c(c3)Nc3nccc(N5CCOCC5)c3CO4)C(C)(C)C2)C1. The van der Waals surface area contributed by atoms with Crippen LogP contribution in [0.25, 0.3) is 0 Å². The molecule has 2 aromatic rings. The first kappa shape index (κ1) is 24.2. The number of likely N-dealkylation sites (tertiary alicyclic amines) is 2. The first-order valence-corrected chi connectivity index (χ1v) is 13.4. The molecule has 1 aromatic carbocycles. The Balaban J connectivity index is 1.19. The molecule has 0 radical (unpaired) electrons. The standard InChI is InChI=1S/C29H37N5O3/c1-4-27(35)34-16-21(17-34)33-10-8-23(29(2,3)19-33)20-5-6-26-24(15-20)31-28-22(18-37-26)25(7-9-30-28)32-11-13-36-14-12-32/h4-7,9,15,21,23H,1,8,10-14,16-19H2,2-3H3,(H,30,31)/t23-/m0/s1. The molecule has 0 aliphatic carbocycles. The van der Waals surface area contributed by atoms with Gasteiger partial charge in [-0.3, -0.25) is 9.69 Å². The zero-order valence-corrected chi connectivity index (χ0v) is 21.9. The van der Waals surface area contributed by atoms with Gasteiger partial charge < -0.3 is 24.6 Å². The Morgan fingerprint density at radius 1 is 1.19 bits per heavy atom. The van der Waals surface area contributed by atoms with Crippen molar-refractivity contribution in [2.45, 2.75) is 38.8 Å². The number of morpholine rings is 1. The fourth-order valence-electron chi connectivity index (χ4n) is 6.42. The van der Waals surface area contributed by atoms with Crippen LogP contribution >= 0.6 is 0 Å². The van der Waals surface area contributed by atoms with Crippen LogP contribution in [0.4, 0.5) is 17.2 Å². The third-order valence-electron chi connectivity index (χ3n) is 8.54. The molecule has 6 rings (SSSR count). The zero-order chi connectivity index (χ0) is 25.6. The predicted octanol–water partition coefficient (Wildman–Crippen LogP) is 3.77. The number of anilines is 3. The number of ether oxygens (including phenoxy) is 2. The van der Waals surface area contributed by atoms with Gasteiger partial charge in [0.15, 0.2) is 0 Å². The number of piperidine rings is 1. The van der Waals surface area contributed by atoms with Crippen molar-refractivity contribution in [3.63, 3.8) is 0 Å². The number of nitrogens with zero attached hydrogens (tertiary/aromatic N) is 4. The molecular weight excluding hydrogens is 466 g/mol. The average molecular weight is 504 g/mol. The Hall–Kier alpha value is -3.10. The maximum Gasteiger partial charge on any atom is 0.246 e. The molecule has 196 valence electrons. The number of benzene rings is 1. The highest BCUT2D eigenvalue weighted by Crippen LogP contribution is 2.46. The van der Waals surface area contributed by atoms with Crippen LogP contribution < -0.4 is 15.0 Å². The van der Waals surface area contributed by atoms with Crippen molar-refractivity contribution in [3.8, 4) is 5.75 Å². The van der Waals surface area contributed by atoms with E-state index in [0.717, 1.165) is 81.7 Å². The van der Waals surface area contributed by atoms with E-state index in [0.29, 0.717) is 18.6 Å². The van der Waals surface area contributed by atoms with Gasteiger partial charge in [-0.15, -0.1) is 0 Å². The third-order valence-corrected chi connectivity index (χ3v) is 8.54.